The van der Waals surface area contributed by atoms with Crippen molar-refractivity contribution < 1.29 is 8.42 Å². The topological polar surface area (TPSA) is 61.2 Å². The van der Waals surface area contributed by atoms with Gasteiger partial charge in [0, 0.05) is 13.1 Å². The summed E-state index contributed by atoms with van der Waals surface area (Å²) in [6.07, 6.45) is 1.16. The molecule has 1 aliphatic rings. The van der Waals surface area contributed by atoms with Crippen molar-refractivity contribution in [2.75, 3.05) is 25.4 Å². The van der Waals surface area contributed by atoms with Crippen molar-refractivity contribution in [3.63, 3.8) is 0 Å². The number of likely N-dealkylation sites (tertiary alicyclic amines) is 1. The third kappa shape index (κ3) is 4.05. The minimum absolute atomic E-state index is 0.143. The Morgan fingerprint density at radius 1 is 1.33 bits per heavy atom. The van der Waals surface area contributed by atoms with Gasteiger partial charge in [-0.15, -0.1) is 0 Å². The van der Waals surface area contributed by atoms with Crippen LogP contribution in [0.25, 0.3) is 0 Å². The van der Waals surface area contributed by atoms with Gasteiger partial charge in [-0.2, -0.15) is 5.26 Å². The maximum Gasteiger partial charge on any atom is 0.179 e. The maximum absolute atomic E-state index is 12.3. The standard InChI is InChI=1S/C16H22N2O2S/c1-13(2)15-7-8-18(12-15)9-10-21(19,20)16-5-3-14(11-17)4-6-16/h3-6,13,15H,7-10,12H2,1-2H3. The van der Waals surface area contributed by atoms with Crippen molar-refractivity contribution in [1.29, 1.82) is 5.26 Å². The van der Waals surface area contributed by atoms with Crippen LogP contribution in [0.5, 0.6) is 0 Å². The van der Waals surface area contributed by atoms with Crippen LogP contribution < -0.4 is 0 Å². The Balaban J connectivity index is 1.94. The van der Waals surface area contributed by atoms with Gasteiger partial charge in [-0.1, -0.05) is 13.8 Å². The summed E-state index contributed by atoms with van der Waals surface area (Å²) < 4.78 is 24.6. The lowest BCUT2D eigenvalue weighted by Crippen LogP contribution is -2.28. The molecule has 1 fully saturated rings. The molecular weight excluding hydrogens is 284 g/mol. The Morgan fingerprint density at radius 3 is 2.52 bits per heavy atom. The zero-order chi connectivity index (χ0) is 15.5. The van der Waals surface area contributed by atoms with Gasteiger partial charge in [0.05, 0.1) is 22.3 Å². The summed E-state index contributed by atoms with van der Waals surface area (Å²) >= 11 is 0. The molecule has 1 heterocycles. The van der Waals surface area contributed by atoms with Crippen LogP contribution in [0, 0.1) is 23.2 Å². The summed E-state index contributed by atoms with van der Waals surface area (Å²) in [6.45, 7) is 7.03. The molecule has 0 saturated carbocycles. The molecule has 1 atom stereocenters. The largest absolute Gasteiger partial charge is 0.302 e. The Hall–Kier alpha value is -1.38. The molecule has 2 rings (SSSR count). The first-order valence-corrected chi connectivity index (χ1v) is 9.03. The van der Waals surface area contributed by atoms with Crippen molar-refractivity contribution in [3.05, 3.63) is 29.8 Å². The van der Waals surface area contributed by atoms with Gasteiger partial charge in [0.2, 0.25) is 0 Å². The van der Waals surface area contributed by atoms with Gasteiger partial charge in [-0.3, -0.25) is 0 Å². The third-order valence-electron chi connectivity index (χ3n) is 4.27. The second-order valence-corrected chi connectivity index (χ2v) is 8.16. The Bertz CT molecular complexity index is 615. The van der Waals surface area contributed by atoms with Crippen LogP contribution in [0.1, 0.15) is 25.8 Å². The van der Waals surface area contributed by atoms with Crippen LogP contribution in [0.15, 0.2) is 29.2 Å². The fourth-order valence-electron chi connectivity index (χ4n) is 2.71. The summed E-state index contributed by atoms with van der Waals surface area (Å²) in [7, 11) is -3.26. The summed E-state index contributed by atoms with van der Waals surface area (Å²) in [6, 6.07) is 8.15. The van der Waals surface area contributed by atoms with Crippen LogP contribution in [0.2, 0.25) is 0 Å². The molecule has 21 heavy (non-hydrogen) atoms. The lowest BCUT2D eigenvalue weighted by atomic mass is 9.95. The molecule has 1 aromatic carbocycles. The molecule has 5 heteroatoms. The molecule has 0 amide bonds. The highest BCUT2D eigenvalue weighted by molar-refractivity contribution is 7.91. The first-order chi connectivity index (χ1) is 9.92. The first-order valence-electron chi connectivity index (χ1n) is 7.37. The Labute approximate surface area is 127 Å². The minimum Gasteiger partial charge on any atom is -0.302 e. The fourth-order valence-corrected chi connectivity index (χ4v) is 4.00. The Morgan fingerprint density at radius 2 is 2.00 bits per heavy atom. The molecule has 114 valence electrons. The molecule has 0 bridgehead atoms. The Kier molecular flexibility index (Phi) is 5.02. The second kappa shape index (κ2) is 6.59. The SMILES string of the molecule is CC(C)C1CCN(CCS(=O)(=O)c2ccc(C#N)cc2)C1. The van der Waals surface area contributed by atoms with Crippen molar-refractivity contribution in [1.82, 2.24) is 4.90 Å². The lowest BCUT2D eigenvalue weighted by Gasteiger charge is -2.17. The number of hydrogen-bond donors (Lipinski definition) is 0. The van der Waals surface area contributed by atoms with E-state index in [1.54, 1.807) is 12.1 Å². The number of benzene rings is 1. The molecule has 1 saturated heterocycles. The van der Waals surface area contributed by atoms with E-state index >= 15 is 0 Å². The maximum atomic E-state index is 12.3. The molecule has 1 aromatic rings. The van der Waals surface area contributed by atoms with Gasteiger partial charge in [-0.25, -0.2) is 8.42 Å². The second-order valence-electron chi connectivity index (χ2n) is 6.05. The first kappa shape index (κ1) is 16.0. The van der Waals surface area contributed by atoms with Gasteiger partial charge in [-0.05, 0) is 49.1 Å². The molecule has 0 aromatic heterocycles. The number of sulfone groups is 1. The third-order valence-corrected chi connectivity index (χ3v) is 5.98. The van der Waals surface area contributed by atoms with E-state index in [-0.39, 0.29) is 5.75 Å². The summed E-state index contributed by atoms with van der Waals surface area (Å²) in [5.74, 6) is 1.48. The predicted molar refractivity (Wildman–Crippen MR) is 82.6 cm³/mol. The average molecular weight is 306 g/mol. The highest BCUT2D eigenvalue weighted by atomic mass is 32.2. The monoisotopic (exact) mass is 306 g/mol. The summed E-state index contributed by atoms with van der Waals surface area (Å²) in [5.41, 5.74) is 0.480. The van der Waals surface area contributed by atoms with Crippen LogP contribution in [0.3, 0.4) is 0 Å². The van der Waals surface area contributed by atoms with E-state index in [0.29, 0.717) is 28.8 Å². The van der Waals surface area contributed by atoms with E-state index < -0.39 is 9.84 Å². The lowest BCUT2D eigenvalue weighted by molar-refractivity contribution is 0.317. The van der Waals surface area contributed by atoms with Gasteiger partial charge in [0.15, 0.2) is 9.84 Å². The quantitative estimate of drug-likeness (QED) is 0.837. The van der Waals surface area contributed by atoms with Crippen LogP contribution in [-0.2, 0) is 9.84 Å². The molecule has 1 unspecified atom stereocenters. The predicted octanol–water partition coefficient (Wildman–Crippen LogP) is 2.31. The minimum atomic E-state index is -3.26. The van der Waals surface area contributed by atoms with Crippen molar-refractivity contribution in [2.45, 2.75) is 25.2 Å². The van der Waals surface area contributed by atoms with E-state index in [0.717, 1.165) is 19.5 Å². The normalized spacial score (nSPS) is 19.8. The van der Waals surface area contributed by atoms with Crippen molar-refractivity contribution >= 4 is 9.84 Å². The fraction of sp³-hybridized carbons (Fsp3) is 0.562. The van der Waals surface area contributed by atoms with E-state index in [1.165, 1.54) is 12.1 Å². The zero-order valence-electron chi connectivity index (χ0n) is 12.6. The van der Waals surface area contributed by atoms with Crippen LogP contribution in [0.4, 0.5) is 0 Å². The van der Waals surface area contributed by atoms with Gasteiger partial charge in [0.1, 0.15) is 0 Å². The number of rotatable bonds is 5. The van der Waals surface area contributed by atoms with Crippen LogP contribution in [-0.4, -0.2) is 38.7 Å². The van der Waals surface area contributed by atoms with E-state index in [1.807, 2.05) is 6.07 Å². The number of nitrogens with zero attached hydrogens (tertiary/aromatic N) is 2. The summed E-state index contributed by atoms with van der Waals surface area (Å²) in [5, 5.41) is 8.74. The van der Waals surface area contributed by atoms with E-state index in [4.69, 9.17) is 5.26 Å². The zero-order valence-corrected chi connectivity index (χ0v) is 13.4. The highest BCUT2D eigenvalue weighted by Crippen LogP contribution is 2.23. The molecule has 0 spiro atoms. The van der Waals surface area contributed by atoms with Crippen LogP contribution >= 0.6 is 0 Å². The highest BCUT2D eigenvalue weighted by Gasteiger charge is 2.26. The average Bonchev–Trinajstić information content (AvgIpc) is 2.94. The molecule has 0 N–H and O–H groups in total. The van der Waals surface area contributed by atoms with Gasteiger partial charge in [0.25, 0.3) is 0 Å². The molecular formula is C16H22N2O2S. The molecule has 0 aliphatic carbocycles. The molecule has 1 aliphatic heterocycles. The number of nitriles is 1. The molecule has 0 radical (unpaired) electrons. The van der Waals surface area contributed by atoms with E-state index in [2.05, 4.69) is 18.7 Å². The number of hydrogen-bond acceptors (Lipinski definition) is 4. The van der Waals surface area contributed by atoms with Crippen molar-refractivity contribution in [2.24, 2.45) is 11.8 Å². The van der Waals surface area contributed by atoms with Crippen molar-refractivity contribution in [3.8, 4) is 6.07 Å². The smallest absolute Gasteiger partial charge is 0.179 e. The van der Waals surface area contributed by atoms with E-state index in [9.17, 15) is 8.42 Å². The van der Waals surface area contributed by atoms with Gasteiger partial charge < -0.3 is 4.90 Å². The molecule has 4 nitrogen and oxygen atoms in total. The summed E-state index contributed by atoms with van der Waals surface area (Å²) in [4.78, 5) is 2.55. The van der Waals surface area contributed by atoms with Gasteiger partial charge >= 0.3 is 0 Å².